The highest BCUT2D eigenvalue weighted by Crippen LogP contribution is 2.27. The Bertz CT molecular complexity index is 752. The molecule has 0 spiro atoms. The molecule has 2 aromatic rings. The number of anilines is 2. The van der Waals surface area contributed by atoms with Crippen LogP contribution in [0.3, 0.4) is 0 Å². The summed E-state index contributed by atoms with van der Waals surface area (Å²) in [5, 5.41) is 10.4. The molecule has 0 saturated carbocycles. The first-order valence-electron chi connectivity index (χ1n) is 8.69. The van der Waals surface area contributed by atoms with E-state index in [0.29, 0.717) is 28.8 Å². The van der Waals surface area contributed by atoms with Crippen molar-refractivity contribution >= 4 is 40.7 Å². The Morgan fingerprint density at radius 2 is 1.77 bits per heavy atom. The van der Waals surface area contributed by atoms with Crippen LogP contribution in [-0.2, 0) is 0 Å². The Morgan fingerprint density at radius 3 is 2.38 bits per heavy atom. The van der Waals surface area contributed by atoms with Gasteiger partial charge in [0.05, 0.1) is 10.0 Å². The molecule has 0 fully saturated rings. The number of aryl methyl sites for hydroxylation is 1. The number of benzene rings is 2. The van der Waals surface area contributed by atoms with E-state index < -0.39 is 6.09 Å². The fraction of sp³-hybridized carbons (Fsp3) is 0.350. The number of hydrogen-bond donors (Lipinski definition) is 1. The standard InChI is InChI=1S/C20H24Cl2N2O2/c1-3-4-10-23(16-7-5-6-15(2)13-16)11-12-24(20(25)26)17-8-9-18(21)19(22)14-17/h5-9,13-14H,3-4,10-12H2,1-2H3,(H,25,26). The lowest BCUT2D eigenvalue weighted by molar-refractivity contribution is 0.202. The second kappa shape index (κ2) is 9.70. The van der Waals surface area contributed by atoms with Crippen LogP contribution in [0, 0.1) is 6.92 Å². The molecule has 0 atom stereocenters. The van der Waals surface area contributed by atoms with Gasteiger partial charge in [-0.25, -0.2) is 4.79 Å². The van der Waals surface area contributed by atoms with Crippen LogP contribution in [0.4, 0.5) is 16.2 Å². The van der Waals surface area contributed by atoms with Crippen LogP contribution in [0.2, 0.25) is 10.0 Å². The first-order valence-corrected chi connectivity index (χ1v) is 9.45. The normalized spacial score (nSPS) is 10.6. The Balaban J connectivity index is 2.17. The van der Waals surface area contributed by atoms with Crippen LogP contribution < -0.4 is 9.80 Å². The molecule has 0 saturated heterocycles. The molecular weight excluding hydrogens is 371 g/mol. The van der Waals surface area contributed by atoms with Gasteiger partial charge in [-0.15, -0.1) is 0 Å². The maximum Gasteiger partial charge on any atom is 0.411 e. The smallest absolute Gasteiger partial charge is 0.411 e. The predicted octanol–water partition coefficient (Wildman–Crippen LogP) is 6.09. The average molecular weight is 395 g/mol. The summed E-state index contributed by atoms with van der Waals surface area (Å²) in [7, 11) is 0. The molecule has 0 aliphatic heterocycles. The molecule has 1 N–H and O–H groups in total. The molecule has 140 valence electrons. The number of rotatable bonds is 8. The summed E-state index contributed by atoms with van der Waals surface area (Å²) in [5.41, 5.74) is 2.81. The molecule has 4 nitrogen and oxygen atoms in total. The first-order chi connectivity index (χ1) is 12.4. The molecule has 0 aliphatic carbocycles. The van der Waals surface area contributed by atoms with E-state index in [4.69, 9.17) is 23.2 Å². The fourth-order valence-corrected chi connectivity index (χ4v) is 3.04. The molecule has 0 bridgehead atoms. The predicted molar refractivity (Wildman–Crippen MR) is 110 cm³/mol. The quantitative estimate of drug-likeness (QED) is 0.588. The lowest BCUT2D eigenvalue weighted by atomic mass is 10.2. The summed E-state index contributed by atoms with van der Waals surface area (Å²) in [6.07, 6.45) is 1.12. The minimum atomic E-state index is -1.01. The Hall–Kier alpha value is -1.91. The van der Waals surface area contributed by atoms with Gasteiger partial charge in [-0.05, 0) is 49.2 Å². The highest BCUT2D eigenvalue weighted by Gasteiger charge is 2.17. The van der Waals surface area contributed by atoms with Crippen molar-refractivity contribution in [2.75, 3.05) is 29.4 Å². The number of halogens is 2. The van der Waals surface area contributed by atoms with Crippen LogP contribution in [0.25, 0.3) is 0 Å². The number of amides is 1. The molecule has 0 aromatic heterocycles. The van der Waals surface area contributed by atoms with E-state index in [1.807, 2.05) is 6.07 Å². The van der Waals surface area contributed by atoms with Crippen molar-refractivity contribution in [3.63, 3.8) is 0 Å². The summed E-state index contributed by atoms with van der Waals surface area (Å²) >= 11 is 12.0. The van der Waals surface area contributed by atoms with E-state index in [1.165, 1.54) is 10.5 Å². The fourth-order valence-electron chi connectivity index (χ4n) is 2.75. The Morgan fingerprint density at radius 1 is 1.00 bits per heavy atom. The van der Waals surface area contributed by atoms with Crippen molar-refractivity contribution in [2.45, 2.75) is 26.7 Å². The molecule has 26 heavy (non-hydrogen) atoms. The number of unbranched alkanes of at least 4 members (excludes halogenated alkanes) is 1. The van der Waals surface area contributed by atoms with E-state index in [9.17, 15) is 9.90 Å². The van der Waals surface area contributed by atoms with Crippen molar-refractivity contribution in [3.05, 3.63) is 58.1 Å². The number of hydrogen-bond acceptors (Lipinski definition) is 2. The topological polar surface area (TPSA) is 43.8 Å². The third kappa shape index (κ3) is 5.55. The first kappa shape index (κ1) is 20.4. The second-order valence-electron chi connectivity index (χ2n) is 6.21. The molecule has 0 radical (unpaired) electrons. The Labute approximate surface area is 164 Å². The van der Waals surface area contributed by atoms with Crippen molar-refractivity contribution in [3.8, 4) is 0 Å². The number of carboxylic acid groups (broad SMARTS) is 1. The van der Waals surface area contributed by atoms with Gasteiger partial charge in [0.15, 0.2) is 0 Å². The summed E-state index contributed by atoms with van der Waals surface area (Å²) in [5.74, 6) is 0. The van der Waals surface area contributed by atoms with Crippen LogP contribution in [0.5, 0.6) is 0 Å². The largest absolute Gasteiger partial charge is 0.465 e. The summed E-state index contributed by atoms with van der Waals surface area (Å²) in [6, 6.07) is 13.1. The molecule has 0 unspecified atom stereocenters. The SMILES string of the molecule is CCCCN(CCN(C(=O)O)c1ccc(Cl)c(Cl)c1)c1cccc(C)c1. The Kier molecular flexibility index (Phi) is 7.61. The zero-order valence-corrected chi connectivity index (χ0v) is 16.6. The molecule has 0 heterocycles. The van der Waals surface area contributed by atoms with Gasteiger partial charge in [0.1, 0.15) is 0 Å². The molecular formula is C20H24Cl2N2O2. The molecule has 2 rings (SSSR count). The summed E-state index contributed by atoms with van der Waals surface area (Å²) < 4.78 is 0. The summed E-state index contributed by atoms with van der Waals surface area (Å²) in [6.45, 7) is 6.02. The maximum absolute atomic E-state index is 11.7. The zero-order chi connectivity index (χ0) is 19.1. The second-order valence-corrected chi connectivity index (χ2v) is 7.03. The van der Waals surface area contributed by atoms with Crippen molar-refractivity contribution < 1.29 is 9.90 Å². The van der Waals surface area contributed by atoms with Gasteiger partial charge in [0, 0.05) is 31.0 Å². The van der Waals surface area contributed by atoms with Crippen molar-refractivity contribution in [1.82, 2.24) is 0 Å². The van der Waals surface area contributed by atoms with Crippen molar-refractivity contribution in [1.29, 1.82) is 0 Å². The summed E-state index contributed by atoms with van der Waals surface area (Å²) in [4.78, 5) is 15.3. The third-order valence-corrected chi connectivity index (χ3v) is 4.93. The van der Waals surface area contributed by atoms with E-state index in [2.05, 4.69) is 36.9 Å². The van der Waals surface area contributed by atoms with Crippen LogP contribution in [-0.4, -0.2) is 30.8 Å². The molecule has 6 heteroatoms. The average Bonchev–Trinajstić information content (AvgIpc) is 2.60. The van der Waals surface area contributed by atoms with Gasteiger partial charge >= 0.3 is 6.09 Å². The highest BCUT2D eigenvalue weighted by molar-refractivity contribution is 6.42. The van der Waals surface area contributed by atoms with E-state index in [0.717, 1.165) is 25.1 Å². The van der Waals surface area contributed by atoms with Gasteiger partial charge in [-0.1, -0.05) is 48.7 Å². The monoisotopic (exact) mass is 394 g/mol. The van der Waals surface area contributed by atoms with E-state index in [1.54, 1.807) is 18.2 Å². The van der Waals surface area contributed by atoms with Gasteiger partial charge < -0.3 is 10.0 Å². The maximum atomic E-state index is 11.7. The molecule has 0 aliphatic rings. The van der Waals surface area contributed by atoms with Gasteiger partial charge in [-0.2, -0.15) is 0 Å². The van der Waals surface area contributed by atoms with Gasteiger partial charge in [0.25, 0.3) is 0 Å². The highest BCUT2D eigenvalue weighted by atomic mass is 35.5. The molecule has 2 aromatic carbocycles. The van der Waals surface area contributed by atoms with Crippen molar-refractivity contribution in [2.24, 2.45) is 0 Å². The minimum Gasteiger partial charge on any atom is -0.465 e. The minimum absolute atomic E-state index is 0.338. The van der Waals surface area contributed by atoms with E-state index in [-0.39, 0.29) is 0 Å². The third-order valence-electron chi connectivity index (χ3n) is 4.19. The van der Waals surface area contributed by atoms with Crippen LogP contribution in [0.1, 0.15) is 25.3 Å². The van der Waals surface area contributed by atoms with Crippen LogP contribution >= 0.6 is 23.2 Å². The zero-order valence-electron chi connectivity index (χ0n) is 15.1. The van der Waals surface area contributed by atoms with Gasteiger partial charge in [0.2, 0.25) is 0 Å². The van der Waals surface area contributed by atoms with Gasteiger partial charge in [-0.3, -0.25) is 4.90 Å². The van der Waals surface area contributed by atoms with Crippen LogP contribution in [0.15, 0.2) is 42.5 Å². The van der Waals surface area contributed by atoms with E-state index >= 15 is 0 Å². The molecule has 1 amide bonds. The lowest BCUT2D eigenvalue weighted by Crippen LogP contribution is -2.38. The lowest BCUT2D eigenvalue weighted by Gasteiger charge is -2.28. The number of nitrogens with zero attached hydrogens (tertiary/aromatic N) is 2. The number of carbonyl (C=O) groups is 1.